The number of rotatable bonds is 4. The summed E-state index contributed by atoms with van der Waals surface area (Å²) >= 11 is 0. The summed E-state index contributed by atoms with van der Waals surface area (Å²) in [5.74, 6) is 0.642. The lowest BCUT2D eigenvalue weighted by Crippen LogP contribution is -2.35. The molecule has 2 heterocycles. The van der Waals surface area contributed by atoms with E-state index in [4.69, 9.17) is 9.84 Å². The lowest BCUT2D eigenvalue weighted by Gasteiger charge is -2.08. The molecule has 0 unspecified atom stereocenters. The largest absolute Gasteiger partial charge is 0.493 e. The summed E-state index contributed by atoms with van der Waals surface area (Å²) in [5.41, 5.74) is 3.20. The number of ether oxygens (including phenoxy) is 1. The molecule has 3 rings (SSSR count). The molecule has 21 heavy (non-hydrogen) atoms. The molecule has 0 aliphatic carbocycles. The first-order valence-corrected chi connectivity index (χ1v) is 6.90. The molecule has 0 saturated carbocycles. The highest BCUT2D eigenvalue weighted by Gasteiger charge is 2.16. The molecule has 6 heteroatoms. The third-order valence-corrected chi connectivity index (χ3v) is 3.46. The van der Waals surface area contributed by atoms with Crippen LogP contribution in [0.15, 0.2) is 24.3 Å². The fourth-order valence-electron chi connectivity index (χ4n) is 2.28. The van der Waals surface area contributed by atoms with Crippen LogP contribution in [-0.2, 0) is 6.42 Å². The summed E-state index contributed by atoms with van der Waals surface area (Å²) in [4.78, 5) is 11.9. The van der Waals surface area contributed by atoms with Gasteiger partial charge in [0, 0.05) is 18.0 Å². The zero-order chi connectivity index (χ0) is 14.8. The van der Waals surface area contributed by atoms with Crippen LogP contribution < -0.4 is 10.1 Å². The van der Waals surface area contributed by atoms with Crippen LogP contribution in [0.4, 0.5) is 0 Å². The van der Waals surface area contributed by atoms with Crippen molar-refractivity contribution in [2.75, 3.05) is 13.2 Å². The van der Waals surface area contributed by atoms with Crippen molar-refractivity contribution >= 4 is 5.91 Å². The second kappa shape index (κ2) is 5.57. The number of nitrogens with zero attached hydrogens (tertiary/aromatic N) is 1. The van der Waals surface area contributed by atoms with Gasteiger partial charge in [-0.15, -0.1) is 0 Å². The van der Waals surface area contributed by atoms with E-state index in [9.17, 15) is 4.79 Å². The van der Waals surface area contributed by atoms with Crippen molar-refractivity contribution in [1.29, 1.82) is 0 Å². The fourth-order valence-corrected chi connectivity index (χ4v) is 2.28. The number of aromatic amines is 1. The molecule has 1 amide bonds. The van der Waals surface area contributed by atoms with Gasteiger partial charge in [0.2, 0.25) is 0 Å². The van der Waals surface area contributed by atoms with E-state index in [0.717, 1.165) is 23.3 Å². The fraction of sp³-hybridized carbons (Fsp3) is 0.333. The Hall–Kier alpha value is -2.34. The maximum absolute atomic E-state index is 11.9. The predicted molar refractivity (Wildman–Crippen MR) is 77.2 cm³/mol. The molecule has 1 aliphatic heterocycles. The van der Waals surface area contributed by atoms with Gasteiger partial charge in [-0.2, -0.15) is 5.10 Å². The quantitative estimate of drug-likeness (QED) is 0.786. The molecule has 0 bridgehead atoms. The maximum Gasteiger partial charge on any atom is 0.269 e. The Kier molecular flexibility index (Phi) is 3.62. The van der Waals surface area contributed by atoms with Gasteiger partial charge in [0.1, 0.15) is 11.4 Å². The molecule has 1 aromatic carbocycles. The van der Waals surface area contributed by atoms with E-state index in [2.05, 4.69) is 15.5 Å². The maximum atomic E-state index is 11.9. The summed E-state index contributed by atoms with van der Waals surface area (Å²) in [6, 6.07) is 7.31. The molecular weight excluding hydrogens is 270 g/mol. The average Bonchev–Trinajstić information content (AvgIpc) is 3.15. The van der Waals surface area contributed by atoms with Crippen LogP contribution in [0.3, 0.4) is 0 Å². The van der Waals surface area contributed by atoms with E-state index in [1.54, 1.807) is 13.0 Å². The Morgan fingerprint density at radius 3 is 3.19 bits per heavy atom. The number of hydrogen-bond donors (Lipinski definition) is 3. The van der Waals surface area contributed by atoms with Crippen molar-refractivity contribution in [2.45, 2.75) is 19.4 Å². The Labute approximate surface area is 122 Å². The Bertz CT molecular complexity index is 666. The van der Waals surface area contributed by atoms with Crippen molar-refractivity contribution < 1.29 is 14.6 Å². The minimum absolute atomic E-state index is 0.0996. The Morgan fingerprint density at radius 1 is 1.52 bits per heavy atom. The first-order valence-electron chi connectivity index (χ1n) is 6.90. The van der Waals surface area contributed by atoms with Crippen molar-refractivity contribution in [1.82, 2.24) is 15.5 Å². The van der Waals surface area contributed by atoms with Crippen LogP contribution in [-0.4, -0.2) is 40.5 Å². The van der Waals surface area contributed by atoms with E-state index >= 15 is 0 Å². The highest BCUT2D eigenvalue weighted by atomic mass is 16.5. The summed E-state index contributed by atoms with van der Waals surface area (Å²) in [7, 11) is 0. The minimum atomic E-state index is -0.290. The molecule has 0 saturated heterocycles. The first kappa shape index (κ1) is 13.6. The van der Waals surface area contributed by atoms with E-state index in [0.29, 0.717) is 18.0 Å². The van der Waals surface area contributed by atoms with Crippen LogP contribution in [0.2, 0.25) is 0 Å². The lowest BCUT2D eigenvalue weighted by atomic mass is 10.1. The zero-order valence-electron chi connectivity index (χ0n) is 11.7. The number of amides is 1. The lowest BCUT2D eigenvalue weighted by molar-refractivity contribution is 0.0917. The van der Waals surface area contributed by atoms with E-state index in [1.807, 2.05) is 18.2 Å². The summed E-state index contributed by atoms with van der Waals surface area (Å²) in [6.45, 7) is 2.35. The summed E-state index contributed by atoms with van der Waals surface area (Å²) in [5, 5.41) is 18.5. The summed E-state index contributed by atoms with van der Waals surface area (Å²) in [6.07, 6.45) is 0.898. The summed E-state index contributed by atoms with van der Waals surface area (Å²) < 4.78 is 5.47. The number of carbonyl (C=O) groups excluding carboxylic acids is 1. The number of hydrogen-bond acceptors (Lipinski definition) is 4. The van der Waals surface area contributed by atoms with Gasteiger partial charge in [0.15, 0.2) is 0 Å². The van der Waals surface area contributed by atoms with Gasteiger partial charge in [-0.1, -0.05) is 0 Å². The number of aromatic nitrogens is 2. The second-order valence-electron chi connectivity index (χ2n) is 5.14. The number of H-pyrrole nitrogens is 1. The number of fused-ring (bicyclic) bond motifs is 1. The molecule has 1 atom stereocenters. The minimum Gasteiger partial charge on any atom is -0.493 e. The van der Waals surface area contributed by atoms with Gasteiger partial charge < -0.3 is 15.2 Å². The Balaban J connectivity index is 1.80. The highest BCUT2D eigenvalue weighted by molar-refractivity contribution is 5.93. The van der Waals surface area contributed by atoms with Crippen molar-refractivity contribution in [2.24, 2.45) is 0 Å². The number of carbonyl (C=O) groups is 1. The van der Waals surface area contributed by atoms with Crippen LogP contribution >= 0.6 is 0 Å². The SMILES string of the molecule is C[C@@H](CO)NC(=O)c1cc(-c2ccc3c(c2)CCO3)n[nH]1. The average molecular weight is 287 g/mol. The highest BCUT2D eigenvalue weighted by Crippen LogP contribution is 2.29. The monoisotopic (exact) mass is 287 g/mol. The van der Waals surface area contributed by atoms with Gasteiger partial charge >= 0.3 is 0 Å². The predicted octanol–water partition coefficient (Wildman–Crippen LogP) is 1.12. The first-order chi connectivity index (χ1) is 10.2. The normalized spacial score (nSPS) is 14.4. The molecular formula is C15H17N3O3. The molecule has 0 fully saturated rings. The second-order valence-corrected chi connectivity index (χ2v) is 5.14. The van der Waals surface area contributed by atoms with Crippen LogP contribution in [0.1, 0.15) is 23.0 Å². The van der Waals surface area contributed by atoms with Crippen molar-refractivity contribution in [3.05, 3.63) is 35.5 Å². The molecule has 1 aliphatic rings. The number of nitrogens with one attached hydrogen (secondary N) is 2. The molecule has 6 nitrogen and oxygen atoms in total. The van der Waals surface area contributed by atoms with Crippen LogP contribution in [0.25, 0.3) is 11.3 Å². The van der Waals surface area contributed by atoms with Gasteiger partial charge in [-0.3, -0.25) is 9.89 Å². The molecule has 3 N–H and O–H groups in total. The topological polar surface area (TPSA) is 87.2 Å². The number of aliphatic hydroxyl groups is 1. The van der Waals surface area contributed by atoms with Gasteiger partial charge in [-0.25, -0.2) is 0 Å². The molecule has 1 aromatic heterocycles. The van der Waals surface area contributed by atoms with E-state index < -0.39 is 0 Å². The number of aliphatic hydroxyl groups excluding tert-OH is 1. The van der Waals surface area contributed by atoms with Crippen LogP contribution in [0, 0.1) is 0 Å². The third kappa shape index (κ3) is 2.75. The third-order valence-electron chi connectivity index (χ3n) is 3.46. The molecule has 110 valence electrons. The van der Waals surface area contributed by atoms with Gasteiger partial charge in [0.05, 0.1) is 18.9 Å². The molecule has 2 aromatic rings. The zero-order valence-corrected chi connectivity index (χ0v) is 11.7. The molecule has 0 radical (unpaired) electrons. The van der Waals surface area contributed by atoms with E-state index in [-0.39, 0.29) is 18.6 Å². The van der Waals surface area contributed by atoms with Crippen molar-refractivity contribution in [3.8, 4) is 17.0 Å². The smallest absolute Gasteiger partial charge is 0.269 e. The van der Waals surface area contributed by atoms with Crippen molar-refractivity contribution in [3.63, 3.8) is 0 Å². The Morgan fingerprint density at radius 2 is 2.38 bits per heavy atom. The number of benzene rings is 1. The molecule has 0 spiro atoms. The standard InChI is InChI=1S/C15H17N3O3/c1-9(8-19)16-15(20)13-7-12(17-18-13)10-2-3-14-11(6-10)4-5-21-14/h2-3,6-7,9,19H,4-5,8H2,1H3,(H,16,20)(H,17,18)/t9-/m0/s1. The van der Waals surface area contributed by atoms with E-state index in [1.165, 1.54) is 0 Å². The van der Waals surface area contributed by atoms with Crippen LogP contribution in [0.5, 0.6) is 5.75 Å². The van der Waals surface area contributed by atoms with Gasteiger partial charge in [0.25, 0.3) is 5.91 Å². The van der Waals surface area contributed by atoms with Gasteiger partial charge in [-0.05, 0) is 36.8 Å².